The summed E-state index contributed by atoms with van der Waals surface area (Å²) in [6, 6.07) is 11.6. The molecule has 37 heavy (non-hydrogen) atoms. The van der Waals surface area contributed by atoms with Crippen LogP contribution in [0.1, 0.15) is 41.7 Å². The minimum atomic E-state index is -4.83. The van der Waals surface area contributed by atoms with Gasteiger partial charge in [-0.3, -0.25) is 14.5 Å². The number of carbonyl (C=O) groups excluding carboxylic acids is 2. The third-order valence-corrected chi connectivity index (χ3v) is 6.54. The van der Waals surface area contributed by atoms with Crippen molar-refractivity contribution < 1.29 is 31.9 Å². The molecule has 3 aromatic carbocycles. The van der Waals surface area contributed by atoms with Crippen LogP contribution in [-0.2, 0) is 4.79 Å². The molecule has 1 aliphatic heterocycles. The Balaban J connectivity index is 1.93. The van der Waals surface area contributed by atoms with Crippen molar-refractivity contribution in [2.24, 2.45) is 0 Å². The van der Waals surface area contributed by atoms with Crippen molar-refractivity contribution in [3.8, 4) is 5.75 Å². The number of hydrogen-bond acceptors (Lipinski definition) is 3. The SMILES string of the molecule is CCC(=O)N(c1ccc(Cl)cc1)[C@H]1C[C@@H](C(F)(F)F)N(C(=O)c2ccc(F)cc2)c2ccc(OC)cc21. The number of nitrogens with zero attached hydrogens (tertiary/aromatic N) is 2. The van der Waals surface area contributed by atoms with Gasteiger partial charge in [0.05, 0.1) is 18.8 Å². The molecule has 0 radical (unpaired) electrons. The minimum Gasteiger partial charge on any atom is -0.497 e. The van der Waals surface area contributed by atoms with E-state index in [1.807, 2.05) is 0 Å². The number of hydrogen-bond donors (Lipinski definition) is 0. The van der Waals surface area contributed by atoms with Crippen LogP contribution >= 0.6 is 11.6 Å². The zero-order chi connectivity index (χ0) is 26.9. The second-order valence-corrected chi connectivity index (χ2v) is 8.95. The number of alkyl halides is 3. The molecule has 0 fully saturated rings. The van der Waals surface area contributed by atoms with Gasteiger partial charge in [-0.2, -0.15) is 13.2 Å². The van der Waals surface area contributed by atoms with E-state index in [2.05, 4.69) is 0 Å². The first kappa shape index (κ1) is 26.5. The maximum atomic E-state index is 14.5. The van der Waals surface area contributed by atoms with Gasteiger partial charge in [-0.1, -0.05) is 18.5 Å². The summed E-state index contributed by atoms with van der Waals surface area (Å²) in [7, 11) is 1.41. The molecule has 2 atom stereocenters. The molecule has 194 valence electrons. The van der Waals surface area contributed by atoms with Crippen LogP contribution in [0.4, 0.5) is 28.9 Å². The van der Waals surface area contributed by atoms with E-state index in [4.69, 9.17) is 16.3 Å². The Hall–Kier alpha value is -3.59. The lowest BCUT2D eigenvalue weighted by molar-refractivity contribution is -0.151. The third-order valence-electron chi connectivity index (χ3n) is 6.29. The van der Waals surface area contributed by atoms with Crippen molar-refractivity contribution in [1.29, 1.82) is 0 Å². The van der Waals surface area contributed by atoms with Crippen LogP contribution in [0, 0.1) is 5.82 Å². The van der Waals surface area contributed by atoms with E-state index in [0.29, 0.717) is 26.9 Å². The summed E-state index contributed by atoms with van der Waals surface area (Å²) in [6.45, 7) is 1.62. The number of ether oxygens (including phenoxy) is 1. The van der Waals surface area contributed by atoms with Crippen LogP contribution in [0.3, 0.4) is 0 Å². The first-order chi connectivity index (χ1) is 17.5. The summed E-state index contributed by atoms with van der Waals surface area (Å²) >= 11 is 6.00. The van der Waals surface area contributed by atoms with Gasteiger partial charge in [-0.15, -0.1) is 0 Å². The van der Waals surface area contributed by atoms with Gasteiger partial charge in [0.1, 0.15) is 17.6 Å². The van der Waals surface area contributed by atoms with E-state index in [1.54, 1.807) is 31.2 Å². The average Bonchev–Trinajstić information content (AvgIpc) is 2.88. The van der Waals surface area contributed by atoms with Crippen molar-refractivity contribution in [3.63, 3.8) is 0 Å². The Labute approximate surface area is 216 Å². The summed E-state index contributed by atoms with van der Waals surface area (Å²) in [5.74, 6) is -1.61. The van der Waals surface area contributed by atoms with Crippen molar-refractivity contribution in [1.82, 2.24) is 0 Å². The molecule has 4 rings (SSSR count). The summed E-state index contributed by atoms with van der Waals surface area (Å²) in [5, 5.41) is 0.405. The van der Waals surface area contributed by atoms with Crippen LogP contribution in [-0.4, -0.2) is 31.1 Å². The largest absolute Gasteiger partial charge is 0.497 e. The van der Waals surface area contributed by atoms with Crippen molar-refractivity contribution in [3.05, 3.63) is 88.7 Å². The van der Waals surface area contributed by atoms with E-state index < -0.39 is 42.3 Å². The molecule has 0 spiro atoms. The number of halogens is 5. The third kappa shape index (κ3) is 5.27. The fourth-order valence-corrected chi connectivity index (χ4v) is 4.66. The van der Waals surface area contributed by atoms with Gasteiger partial charge in [-0.05, 0) is 66.7 Å². The Morgan fingerprint density at radius 1 is 1.05 bits per heavy atom. The summed E-state index contributed by atoms with van der Waals surface area (Å²) in [4.78, 5) is 28.6. The fraction of sp³-hybridized carbons (Fsp3) is 0.259. The molecule has 3 aromatic rings. The number of rotatable bonds is 5. The molecule has 0 aliphatic carbocycles. The normalized spacial score (nSPS) is 17.2. The van der Waals surface area contributed by atoms with Crippen LogP contribution in [0.15, 0.2) is 66.7 Å². The molecule has 1 heterocycles. The van der Waals surface area contributed by atoms with Crippen molar-refractivity contribution in [2.45, 2.75) is 38.0 Å². The zero-order valence-electron chi connectivity index (χ0n) is 19.9. The van der Waals surface area contributed by atoms with Crippen molar-refractivity contribution in [2.75, 3.05) is 16.9 Å². The molecule has 0 unspecified atom stereocenters. The van der Waals surface area contributed by atoms with Crippen LogP contribution in [0.2, 0.25) is 5.02 Å². The van der Waals surface area contributed by atoms with Crippen LogP contribution in [0.25, 0.3) is 0 Å². The highest BCUT2D eigenvalue weighted by Crippen LogP contribution is 2.48. The number of methoxy groups -OCH3 is 1. The predicted octanol–water partition coefficient (Wildman–Crippen LogP) is 6.95. The summed E-state index contributed by atoms with van der Waals surface area (Å²) in [5.41, 5.74) is 0.563. The number of anilines is 2. The molecule has 0 N–H and O–H groups in total. The lowest BCUT2D eigenvalue weighted by Gasteiger charge is -2.45. The van der Waals surface area contributed by atoms with Gasteiger partial charge in [0.25, 0.3) is 5.91 Å². The van der Waals surface area contributed by atoms with Gasteiger partial charge in [0, 0.05) is 34.7 Å². The number of benzene rings is 3. The van der Waals surface area contributed by atoms with E-state index in [-0.39, 0.29) is 17.7 Å². The first-order valence-electron chi connectivity index (χ1n) is 11.5. The molecule has 2 amide bonds. The average molecular weight is 535 g/mol. The highest BCUT2D eigenvalue weighted by molar-refractivity contribution is 6.30. The molecule has 5 nitrogen and oxygen atoms in total. The number of amides is 2. The standard InChI is InChI=1S/C27H23ClF4N2O3/c1-3-25(35)33(19-10-6-17(28)7-11-19)23-15-24(27(30,31)32)34(22-13-12-20(37-2)14-21(22)23)26(36)16-4-8-18(29)9-5-16/h4-14,23-24H,3,15H2,1-2H3/t23-,24-/m0/s1. The maximum absolute atomic E-state index is 14.5. The lowest BCUT2D eigenvalue weighted by Crippen LogP contribution is -2.55. The first-order valence-corrected chi connectivity index (χ1v) is 11.8. The van der Waals surface area contributed by atoms with E-state index in [0.717, 1.165) is 24.3 Å². The fourth-order valence-electron chi connectivity index (χ4n) is 4.53. The second-order valence-electron chi connectivity index (χ2n) is 8.51. The molecule has 0 saturated carbocycles. The topological polar surface area (TPSA) is 49.9 Å². The molecule has 10 heteroatoms. The minimum absolute atomic E-state index is 0.0171. The summed E-state index contributed by atoms with van der Waals surface area (Å²) in [6.07, 6.45) is -5.41. The van der Waals surface area contributed by atoms with Gasteiger partial charge in [0.15, 0.2) is 0 Å². The molecule has 1 aliphatic rings. The monoisotopic (exact) mass is 534 g/mol. The Kier molecular flexibility index (Phi) is 7.45. The van der Waals surface area contributed by atoms with Gasteiger partial charge in [-0.25, -0.2) is 4.39 Å². The highest BCUT2D eigenvalue weighted by atomic mass is 35.5. The van der Waals surface area contributed by atoms with Gasteiger partial charge >= 0.3 is 6.18 Å². The second kappa shape index (κ2) is 10.4. The van der Waals surface area contributed by atoms with E-state index in [1.165, 1.54) is 30.2 Å². The molecule has 0 saturated heterocycles. The maximum Gasteiger partial charge on any atom is 0.409 e. The van der Waals surface area contributed by atoms with E-state index >= 15 is 0 Å². The van der Waals surface area contributed by atoms with Gasteiger partial charge in [0.2, 0.25) is 5.91 Å². The smallest absolute Gasteiger partial charge is 0.409 e. The molecular formula is C27H23ClF4N2O3. The van der Waals surface area contributed by atoms with Crippen LogP contribution in [0.5, 0.6) is 5.75 Å². The zero-order valence-corrected chi connectivity index (χ0v) is 20.7. The molecule has 0 bridgehead atoms. The molecule has 0 aromatic heterocycles. The Bertz CT molecular complexity index is 1300. The van der Waals surface area contributed by atoms with Crippen molar-refractivity contribution >= 4 is 34.8 Å². The highest BCUT2D eigenvalue weighted by Gasteiger charge is 2.52. The van der Waals surface area contributed by atoms with Crippen LogP contribution < -0.4 is 14.5 Å². The Morgan fingerprint density at radius 2 is 1.70 bits per heavy atom. The number of fused-ring (bicyclic) bond motifs is 1. The quantitative estimate of drug-likeness (QED) is 0.333. The summed E-state index contributed by atoms with van der Waals surface area (Å²) < 4.78 is 62.4. The predicted molar refractivity (Wildman–Crippen MR) is 133 cm³/mol. The Morgan fingerprint density at radius 3 is 2.27 bits per heavy atom. The van der Waals surface area contributed by atoms with Gasteiger partial charge < -0.3 is 9.64 Å². The lowest BCUT2D eigenvalue weighted by atomic mass is 9.88. The van der Waals surface area contributed by atoms with E-state index in [9.17, 15) is 27.2 Å². The number of carbonyl (C=O) groups is 2. The molecular weight excluding hydrogens is 512 g/mol.